The van der Waals surface area contributed by atoms with Gasteiger partial charge in [-0.3, -0.25) is 4.79 Å². The summed E-state index contributed by atoms with van der Waals surface area (Å²) in [4.78, 5) is 25.7. The second-order valence-electron chi connectivity index (χ2n) is 6.47. The van der Waals surface area contributed by atoms with Gasteiger partial charge in [0.05, 0.1) is 11.5 Å². The van der Waals surface area contributed by atoms with Crippen molar-refractivity contribution in [2.45, 2.75) is 31.3 Å². The molecule has 0 radical (unpaired) electrons. The predicted octanol–water partition coefficient (Wildman–Crippen LogP) is 0.926. The number of para-hydroxylation sites is 1. The minimum Gasteiger partial charge on any atom is -0.479 e. The van der Waals surface area contributed by atoms with Crippen molar-refractivity contribution in [2.24, 2.45) is 0 Å². The number of sulfone groups is 1. The molecule has 1 amide bonds. The third kappa shape index (κ3) is 4.72. The van der Waals surface area contributed by atoms with Crippen LogP contribution in [0.3, 0.4) is 0 Å². The number of rotatable bonds is 7. The first kappa shape index (κ1) is 18.6. The molecule has 0 aromatic heterocycles. The molecule has 2 aliphatic rings. The number of carbonyl (C=O) groups is 2. The Morgan fingerprint density at radius 1 is 1.12 bits per heavy atom. The van der Waals surface area contributed by atoms with E-state index in [-0.39, 0.29) is 29.3 Å². The zero-order valence-corrected chi connectivity index (χ0v) is 14.9. The van der Waals surface area contributed by atoms with Crippen LogP contribution in [0.1, 0.15) is 19.3 Å². The SMILES string of the molecule is O=C(COc1ccccc1F)OCC(=O)N(C1CC1)[C@H]1CCS(=O)(=O)C1. The lowest BCUT2D eigenvalue weighted by Crippen LogP contribution is -2.45. The molecule has 26 heavy (non-hydrogen) atoms. The molecule has 1 atom stereocenters. The monoisotopic (exact) mass is 385 g/mol. The lowest BCUT2D eigenvalue weighted by molar-refractivity contribution is -0.154. The maximum atomic E-state index is 13.4. The van der Waals surface area contributed by atoms with Gasteiger partial charge >= 0.3 is 5.97 Å². The van der Waals surface area contributed by atoms with Crippen molar-refractivity contribution >= 4 is 21.7 Å². The quantitative estimate of drug-likeness (QED) is 0.649. The Kier molecular flexibility index (Phi) is 5.45. The van der Waals surface area contributed by atoms with Gasteiger partial charge in [0, 0.05) is 12.1 Å². The molecule has 1 saturated carbocycles. The van der Waals surface area contributed by atoms with Gasteiger partial charge in [-0.05, 0) is 31.4 Å². The minimum atomic E-state index is -3.11. The Labute approximate surface area is 151 Å². The second-order valence-corrected chi connectivity index (χ2v) is 8.70. The number of amides is 1. The number of hydrogen-bond acceptors (Lipinski definition) is 6. The molecule has 0 spiro atoms. The van der Waals surface area contributed by atoms with E-state index in [4.69, 9.17) is 9.47 Å². The summed E-state index contributed by atoms with van der Waals surface area (Å²) in [6, 6.07) is 5.31. The molecule has 9 heteroatoms. The number of esters is 1. The Morgan fingerprint density at radius 2 is 1.85 bits per heavy atom. The number of benzene rings is 1. The van der Waals surface area contributed by atoms with Crippen LogP contribution < -0.4 is 4.74 Å². The summed E-state index contributed by atoms with van der Waals surface area (Å²) < 4.78 is 46.6. The van der Waals surface area contributed by atoms with E-state index >= 15 is 0 Å². The molecule has 0 N–H and O–H groups in total. The first-order valence-corrected chi connectivity index (χ1v) is 10.2. The highest BCUT2D eigenvalue weighted by molar-refractivity contribution is 7.91. The highest BCUT2D eigenvalue weighted by Crippen LogP contribution is 2.32. The first-order valence-electron chi connectivity index (χ1n) is 8.40. The zero-order valence-electron chi connectivity index (χ0n) is 14.1. The van der Waals surface area contributed by atoms with Crippen molar-refractivity contribution in [3.05, 3.63) is 30.1 Å². The van der Waals surface area contributed by atoms with E-state index in [1.54, 1.807) is 11.0 Å². The van der Waals surface area contributed by atoms with Gasteiger partial charge in [0.25, 0.3) is 5.91 Å². The molecule has 0 unspecified atom stereocenters. The van der Waals surface area contributed by atoms with Gasteiger partial charge in [-0.2, -0.15) is 0 Å². The molecule has 1 aliphatic heterocycles. The van der Waals surface area contributed by atoms with Gasteiger partial charge in [0.15, 0.2) is 34.6 Å². The first-order chi connectivity index (χ1) is 12.4. The standard InChI is InChI=1S/C17H20FNO6S/c18-14-3-1-2-4-15(14)24-10-17(21)25-9-16(20)19(12-5-6-12)13-7-8-26(22,23)11-13/h1-4,12-13H,5-11H2/t13-/m0/s1. The van der Waals surface area contributed by atoms with Crippen LogP contribution in [-0.4, -0.2) is 62.0 Å². The molecule has 1 aromatic carbocycles. The van der Waals surface area contributed by atoms with Crippen molar-refractivity contribution in [3.8, 4) is 5.75 Å². The van der Waals surface area contributed by atoms with Crippen molar-refractivity contribution < 1.29 is 31.9 Å². The largest absolute Gasteiger partial charge is 0.479 e. The average Bonchev–Trinajstić information content (AvgIpc) is 3.35. The van der Waals surface area contributed by atoms with Crippen molar-refractivity contribution in [2.75, 3.05) is 24.7 Å². The smallest absolute Gasteiger partial charge is 0.344 e. The number of ether oxygens (including phenoxy) is 2. The Hall–Kier alpha value is -2.16. The van der Waals surface area contributed by atoms with Crippen LogP contribution >= 0.6 is 0 Å². The van der Waals surface area contributed by atoms with Crippen molar-refractivity contribution in [1.82, 2.24) is 4.90 Å². The normalized spacial score (nSPS) is 21.2. The maximum Gasteiger partial charge on any atom is 0.344 e. The average molecular weight is 385 g/mol. The Morgan fingerprint density at radius 3 is 2.46 bits per heavy atom. The fourth-order valence-corrected chi connectivity index (χ4v) is 4.72. The summed E-state index contributed by atoms with van der Waals surface area (Å²) in [6.07, 6.45) is 2.06. The highest BCUT2D eigenvalue weighted by atomic mass is 32.2. The molecule has 1 saturated heterocycles. The van der Waals surface area contributed by atoms with E-state index in [0.717, 1.165) is 12.8 Å². The summed E-state index contributed by atoms with van der Waals surface area (Å²) >= 11 is 0. The van der Waals surface area contributed by atoms with Crippen LogP contribution in [0, 0.1) is 5.82 Å². The summed E-state index contributed by atoms with van der Waals surface area (Å²) in [6.45, 7) is -0.998. The molecule has 2 fully saturated rings. The van der Waals surface area contributed by atoms with Gasteiger partial charge in [0.1, 0.15) is 0 Å². The molecule has 1 aliphatic carbocycles. The second kappa shape index (κ2) is 7.61. The molecule has 1 aromatic rings. The minimum absolute atomic E-state index is 0.0224. The third-order valence-electron chi connectivity index (χ3n) is 4.37. The molecule has 3 rings (SSSR count). The Bertz CT molecular complexity index is 792. The van der Waals surface area contributed by atoms with E-state index in [1.807, 2.05) is 0 Å². The summed E-state index contributed by atoms with van der Waals surface area (Å²) in [7, 11) is -3.11. The van der Waals surface area contributed by atoms with Gasteiger partial charge in [-0.25, -0.2) is 17.6 Å². The summed E-state index contributed by atoms with van der Waals surface area (Å²) in [5.41, 5.74) is 0. The molecule has 7 nitrogen and oxygen atoms in total. The van der Waals surface area contributed by atoms with Crippen LogP contribution in [0.4, 0.5) is 4.39 Å². The van der Waals surface area contributed by atoms with E-state index in [9.17, 15) is 22.4 Å². The van der Waals surface area contributed by atoms with Crippen molar-refractivity contribution in [3.63, 3.8) is 0 Å². The number of hydrogen-bond donors (Lipinski definition) is 0. The van der Waals surface area contributed by atoms with Gasteiger partial charge < -0.3 is 14.4 Å². The van der Waals surface area contributed by atoms with Crippen molar-refractivity contribution in [1.29, 1.82) is 0 Å². The van der Waals surface area contributed by atoms with Crippen LogP contribution in [0.5, 0.6) is 5.75 Å². The summed E-state index contributed by atoms with van der Waals surface area (Å²) in [5.74, 6) is -1.85. The number of nitrogens with zero attached hydrogens (tertiary/aromatic N) is 1. The topological polar surface area (TPSA) is 90.0 Å². The zero-order chi connectivity index (χ0) is 18.7. The predicted molar refractivity (Wildman–Crippen MR) is 89.8 cm³/mol. The molecular weight excluding hydrogens is 365 g/mol. The van der Waals surface area contributed by atoms with Crippen LogP contribution in [0.25, 0.3) is 0 Å². The summed E-state index contributed by atoms with van der Waals surface area (Å²) in [5, 5.41) is 0. The fourth-order valence-electron chi connectivity index (χ4n) is 3.01. The molecular formula is C17H20FNO6S. The van der Waals surface area contributed by atoms with E-state index in [1.165, 1.54) is 18.2 Å². The van der Waals surface area contributed by atoms with Crippen LogP contribution in [0.15, 0.2) is 24.3 Å². The number of carbonyl (C=O) groups excluding carboxylic acids is 2. The number of halogens is 1. The maximum absolute atomic E-state index is 13.4. The van der Waals surface area contributed by atoms with Crippen LogP contribution in [0.2, 0.25) is 0 Å². The van der Waals surface area contributed by atoms with Crippen LogP contribution in [-0.2, 0) is 24.2 Å². The lowest BCUT2D eigenvalue weighted by Gasteiger charge is -2.28. The molecule has 1 heterocycles. The molecule has 142 valence electrons. The van der Waals surface area contributed by atoms with Gasteiger partial charge in [-0.15, -0.1) is 0 Å². The third-order valence-corrected chi connectivity index (χ3v) is 6.12. The van der Waals surface area contributed by atoms with E-state index in [2.05, 4.69) is 0 Å². The fraction of sp³-hybridized carbons (Fsp3) is 0.529. The van der Waals surface area contributed by atoms with Gasteiger partial charge in [0.2, 0.25) is 0 Å². The lowest BCUT2D eigenvalue weighted by atomic mass is 10.2. The van der Waals surface area contributed by atoms with E-state index in [0.29, 0.717) is 6.42 Å². The highest BCUT2D eigenvalue weighted by Gasteiger charge is 2.42. The molecule has 0 bridgehead atoms. The van der Waals surface area contributed by atoms with Gasteiger partial charge in [-0.1, -0.05) is 12.1 Å². The van der Waals surface area contributed by atoms with E-state index < -0.39 is 40.7 Å². The Balaban J connectivity index is 1.49.